The second-order valence-electron chi connectivity index (χ2n) is 9.25. The van der Waals surface area contributed by atoms with Gasteiger partial charge in [0.2, 0.25) is 5.91 Å². The number of carboxylic acids is 1. The van der Waals surface area contributed by atoms with E-state index in [1.807, 2.05) is 30.3 Å². The van der Waals surface area contributed by atoms with Gasteiger partial charge in [-0.05, 0) is 36.6 Å². The van der Waals surface area contributed by atoms with Gasteiger partial charge < -0.3 is 25.6 Å². The van der Waals surface area contributed by atoms with Crippen LogP contribution in [0.15, 0.2) is 48.5 Å². The molecule has 4 N–H and O–H groups in total. The van der Waals surface area contributed by atoms with E-state index < -0.39 is 54.1 Å². The van der Waals surface area contributed by atoms with Gasteiger partial charge in [0.05, 0.1) is 25.3 Å². The normalized spacial score (nSPS) is 13.2. The third-order valence-corrected chi connectivity index (χ3v) is 6.89. The first-order valence-corrected chi connectivity index (χ1v) is 13.4. The number of ketones is 2. The second kappa shape index (κ2) is 15.0. The van der Waals surface area contributed by atoms with Gasteiger partial charge in [-0.15, -0.1) is 11.8 Å². The van der Waals surface area contributed by atoms with Crippen molar-refractivity contribution in [3.63, 3.8) is 0 Å². The van der Waals surface area contributed by atoms with E-state index in [2.05, 4.69) is 10.6 Å². The van der Waals surface area contributed by atoms with Gasteiger partial charge in [0, 0.05) is 16.9 Å². The van der Waals surface area contributed by atoms with E-state index in [4.69, 9.17) is 4.74 Å². The highest BCUT2D eigenvalue weighted by Gasteiger charge is 2.32. The zero-order valence-corrected chi connectivity index (χ0v) is 23.1. The Bertz CT molecular complexity index is 1190. The number of amides is 2. The molecule has 0 radical (unpaired) electrons. The summed E-state index contributed by atoms with van der Waals surface area (Å²) in [7, 11) is 1.35. The Labute approximate surface area is 231 Å². The SMILES string of the molecule is COc1ccc(C(C)=O)cc1[C@@H](O)C(=O)N[C@H](C(=O)N[C@@H](CC(=O)O)C(=O)CSCc1ccccc1)C(C)C. The van der Waals surface area contributed by atoms with Crippen molar-refractivity contribution in [3.05, 3.63) is 65.2 Å². The number of rotatable bonds is 15. The number of aliphatic carboxylic acids is 1. The van der Waals surface area contributed by atoms with E-state index in [9.17, 15) is 34.2 Å². The summed E-state index contributed by atoms with van der Waals surface area (Å²) in [6, 6.07) is 11.2. The monoisotopic (exact) mass is 558 g/mol. The fraction of sp³-hybridized carbons (Fsp3) is 0.393. The molecule has 0 bridgehead atoms. The number of carboxylic acid groups (broad SMARTS) is 1. The first kappa shape index (κ1) is 31.5. The van der Waals surface area contributed by atoms with Crippen LogP contribution in [0.3, 0.4) is 0 Å². The molecule has 0 spiro atoms. The van der Waals surface area contributed by atoms with Gasteiger partial charge in [0.15, 0.2) is 17.7 Å². The van der Waals surface area contributed by atoms with Crippen LogP contribution in [-0.4, -0.2) is 64.5 Å². The van der Waals surface area contributed by atoms with Crippen molar-refractivity contribution in [2.24, 2.45) is 5.92 Å². The van der Waals surface area contributed by atoms with Crippen molar-refractivity contribution in [1.29, 1.82) is 0 Å². The van der Waals surface area contributed by atoms with E-state index in [0.717, 1.165) is 5.56 Å². The van der Waals surface area contributed by atoms with Gasteiger partial charge in [-0.3, -0.25) is 24.0 Å². The highest BCUT2D eigenvalue weighted by atomic mass is 32.2. The van der Waals surface area contributed by atoms with Crippen molar-refractivity contribution in [2.45, 2.75) is 51.1 Å². The van der Waals surface area contributed by atoms with Crippen molar-refractivity contribution in [3.8, 4) is 5.75 Å². The summed E-state index contributed by atoms with van der Waals surface area (Å²) in [4.78, 5) is 62.0. The largest absolute Gasteiger partial charge is 0.496 e. The van der Waals surface area contributed by atoms with Crippen molar-refractivity contribution in [2.75, 3.05) is 12.9 Å². The first-order chi connectivity index (χ1) is 18.4. The summed E-state index contributed by atoms with van der Waals surface area (Å²) in [5.74, 6) is -3.47. The number of carbonyl (C=O) groups excluding carboxylic acids is 4. The molecule has 0 saturated carbocycles. The maximum Gasteiger partial charge on any atom is 0.305 e. The van der Waals surface area contributed by atoms with Gasteiger partial charge in [-0.25, -0.2) is 0 Å². The molecule has 0 aliphatic rings. The summed E-state index contributed by atoms with van der Waals surface area (Å²) in [5.41, 5.74) is 1.30. The summed E-state index contributed by atoms with van der Waals surface area (Å²) >= 11 is 1.30. The molecule has 39 heavy (non-hydrogen) atoms. The maximum atomic E-state index is 13.1. The number of methoxy groups -OCH3 is 1. The number of carbonyl (C=O) groups is 5. The van der Waals surface area contributed by atoms with Gasteiger partial charge in [-0.1, -0.05) is 44.2 Å². The van der Waals surface area contributed by atoms with Crippen LogP contribution in [-0.2, 0) is 24.9 Å². The highest BCUT2D eigenvalue weighted by Crippen LogP contribution is 2.27. The number of benzene rings is 2. The van der Waals surface area contributed by atoms with Crippen molar-refractivity contribution >= 4 is 41.1 Å². The topological polar surface area (TPSA) is 159 Å². The molecule has 210 valence electrons. The molecule has 0 aliphatic carbocycles. The molecule has 0 unspecified atom stereocenters. The lowest BCUT2D eigenvalue weighted by atomic mass is 9.99. The van der Waals surface area contributed by atoms with Crippen LogP contribution in [0.2, 0.25) is 0 Å². The molecule has 2 rings (SSSR count). The minimum atomic E-state index is -1.76. The minimum Gasteiger partial charge on any atom is -0.496 e. The van der Waals surface area contributed by atoms with Crippen LogP contribution in [0.1, 0.15) is 54.8 Å². The van der Waals surface area contributed by atoms with E-state index in [-0.39, 0.29) is 28.4 Å². The average molecular weight is 559 g/mol. The Morgan fingerprint density at radius 1 is 0.974 bits per heavy atom. The lowest BCUT2D eigenvalue weighted by molar-refractivity contribution is -0.140. The number of ether oxygens (including phenoxy) is 1. The molecule has 3 atom stereocenters. The summed E-state index contributed by atoms with van der Waals surface area (Å²) in [6.45, 7) is 4.64. The molecule has 0 fully saturated rings. The number of hydrogen-bond donors (Lipinski definition) is 4. The lowest BCUT2D eigenvalue weighted by Crippen LogP contribution is -2.55. The van der Waals surface area contributed by atoms with Crippen LogP contribution in [0.5, 0.6) is 5.75 Å². The zero-order chi connectivity index (χ0) is 29.1. The molecule has 0 saturated heterocycles. The van der Waals surface area contributed by atoms with Crippen LogP contribution >= 0.6 is 11.8 Å². The molecule has 2 aromatic carbocycles. The van der Waals surface area contributed by atoms with Gasteiger partial charge >= 0.3 is 5.97 Å². The molecule has 0 heterocycles. The van der Waals surface area contributed by atoms with Crippen molar-refractivity contribution < 1.29 is 38.9 Å². The molecule has 11 heteroatoms. The van der Waals surface area contributed by atoms with E-state index >= 15 is 0 Å². The van der Waals surface area contributed by atoms with Gasteiger partial charge in [0.1, 0.15) is 11.8 Å². The standard InChI is InChI=1S/C28H34N2O8S/c1-16(2)25(30-28(37)26(35)20-12-19(17(3)31)10-11-23(20)38-4)27(36)29-21(13-24(33)34)22(32)15-39-14-18-8-6-5-7-9-18/h5-12,16,21,25-26,35H,13-15H2,1-4H3,(H,29,36)(H,30,37)(H,33,34)/t21-,25-,26+/m0/s1. The zero-order valence-electron chi connectivity index (χ0n) is 22.3. The number of nitrogens with one attached hydrogen (secondary N) is 2. The van der Waals surface area contributed by atoms with Crippen LogP contribution in [0.4, 0.5) is 0 Å². The summed E-state index contributed by atoms with van der Waals surface area (Å²) in [5, 5.41) is 25.0. The Morgan fingerprint density at radius 3 is 2.21 bits per heavy atom. The Morgan fingerprint density at radius 2 is 1.64 bits per heavy atom. The molecule has 10 nitrogen and oxygen atoms in total. The lowest BCUT2D eigenvalue weighted by Gasteiger charge is -2.26. The molecule has 0 aromatic heterocycles. The number of aliphatic hydroxyl groups excluding tert-OH is 1. The van der Waals surface area contributed by atoms with Crippen LogP contribution < -0.4 is 15.4 Å². The van der Waals surface area contributed by atoms with Gasteiger partial charge in [-0.2, -0.15) is 0 Å². The molecule has 0 aliphatic heterocycles. The predicted molar refractivity (Wildman–Crippen MR) is 147 cm³/mol. The maximum absolute atomic E-state index is 13.1. The molecule has 2 aromatic rings. The fourth-order valence-electron chi connectivity index (χ4n) is 3.70. The Balaban J connectivity index is 2.12. The smallest absolute Gasteiger partial charge is 0.305 e. The van der Waals surface area contributed by atoms with E-state index in [1.165, 1.54) is 44.0 Å². The fourth-order valence-corrected chi connectivity index (χ4v) is 4.63. The molecular formula is C28H34N2O8S. The summed E-state index contributed by atoms with van der Waals surface area (Å²) in [6.07, 6.45) is -2.38. The molecular weight excluding hydrogens is 524 g/mol. The Hall–Kier alpha value is -3.70. The third kappa shape index (κ3) is 9.52. The Kier molecular flexibility index (Phi) is 12.1. The molecule has 2 amide bonds. The first-order valence-electron chi connectivity index (χ1n) is 12.3. The van der Waals surface area contributed by atoms with E-state index in [1.54, 1.807) is 13.8 Å². The summed E-state index contributed by atoms with van der Waals surface area (Å²) < 4.78 is 5.20. The van der Waals surface area contributed by atoms with Crippen molar-refractivity contribution in [1.82, 2.24) is 10.6 Å². The number of thioether (sulfide) groups is 1. The predicted octanol–water partition coefficient (Wildman–Crippen LogP) is 2.53. The van der Waals surface area contributed by atoms with Gasteiger partial charge in [0.25, 0.3) is 5.91 Å². The van der Waals surface area contributed by atoms with E-state index in [0.29, 0.717) is 5.75 Å². The van der Waals surface area contributed by atoms with Crippen LogP contribution in [0, 0.1) is 5.92 Å². The quantitative estimate of drug-likeness (QED) is 0.241. The average Bonchev–Trinajstić information content (AvgIpc) is 2.90. The number of aliphatic hydroxyl groups is 1. The number of hydrogen-bond acceptors (Lipinski definition) is 8. The third-order valence-electron chi connectivity index (χ3n) is 5.87. The minimum absolute atomic E-state index is 0.0170. The number of Topliss-reactive ketones (excluding diaryl/α,β-unsaturated/α-hetero) is 2. The second-order valence-corrected chi connectivity index (χ2v) is 10.2. The highest BCUT2D eigenvalue weighted by molar-refractivity contribution is 7.99. The van der Waals surface area contributed by atoms with Crippen LogP contribution in [0.25, 0.3) is 0 Å².